The van der Waals surface area contributed by atoms with Crippen molar-refractivity contribution in [2.75, 3.05) is 31.9 Å². The van der Waals surface area contributed by atoms with Crippen LogP contribution in [0.3, 0.4) is 0 Å². The third kappa shape index (κ3) is 4.30. The van der Waals surface area contributed by atoms with Gasteiger partial charge in [0, 0.05) is 51.0 Å². The molecule has 1 aromatic rings. The number of aryl methyl sites for hydroxylation is 2. The average molecular weight is 328 g/mol. The zero-order valence-corrected chi connectivity index (χ0v) is 14.8. The smallest absolute Gasteiger partial charge is 0.214 e. The lowest BCUT2D eigenvalue weighted by Crippen LogP contribution is -2.48. The molecule has 0 amide bonds. The molecule has 6 nitrogen and oxygen atoms in total. The van der Waals surface area contributed by atoms with Crippen LogP contribution in [-0.4, -0.2) is 59.3 Å². The maximum Gasteiger partial charge on any atom is 0.214 e. The summed E-state index contributed by atoms with van der Waals surface area (Å²) in [4.78, 5) is 2.32. The topological polar surface area (TPSA) is 58.4 Å². The zero-order chi connectivity index (χ0) is 16.2. The highest BCUT2D eigenvalue weighted by Crippen LogP contribution is 2.14. The zero-order valence-electron chi connectivity index (χ0n) is 14.0. The lowest BCUT2D eigenvalue weighted by atomic mass is 10.2. The Morgan fingerprint density at radius 3 is 2.41 bits per heavy atom. The minimum absolute atomic E-state index is 0.284. The van der Waals surface area contributed by atoms with E-state index in [1.807, 2.05) is 18.5 Å². The van der Waals surface area contributed by atoms with Gasteiger partial charge in [-0.15, -0.1) is 0 Å². The van der Waals surface area contributed by atoms with Crippen LogP contribution in [0.2, 0.25) is 0 Å². The lowest BCUT2D eigenvalue weighted by molar-refractivity contribution is 0.181. The quantitative estimate of drug-likeness (QED) is 0.760. The molecule has 0 N–H and O–H groups in total. The molecule has 22 heavy (non-hydrogen) atoms. The molecule has 1 aromatic heterocycles. The second-order valence-electron chi connectivity index (χ2n) is 5.94. The Balaban J connectivity index is 1.88. The van der Waals surface area contributed by atoms with Crippen LogP contribution in [0.4, 0.5) is 0 Å². The van der Waals surface area contributed by atoms with Crippen LogP contribution in [0.5, 0.6) is 0 Å². The highest BCUT2D eigenvalue weighted by Gasteiger charge is 2.26. The molecule has 2 rings (SSSR count). The second kappa shape index (κ2) is 7.57. The molecule has 0 aliphatic carbocycles. The molecule has 1 aliphatic rings. The van der Waals surface area contributed by atoms with E-state index in [4.69, 9.17) is 0 Å². The Morgan fingerprint density at radius 2 is 1.86 bits per heavy atom. The molecular weight excluding hydrogens is 300 g/mol. The van der Waals surface area contributed by atoms with Crippen molar-refractivity contribution in [3.8, 4) is 0 Å². The summed E-state index contributed by atoms with van der Waals surface area (Å²) in [7, 11) is -3.06. The summed E-state index contributed by atoms with van der Waals surface area (Å²) in [6.07, 6.45) is 3.76. The van der Waals surface area contributed by atoms with E-state index in [1.165, 1.54) is 5.56 Å². The summed E-state index contributed by atoms with van der Waals surface area (Å²) in [6.45, 7) is 10.7. The first-order chi connectivity index (χ1) is 10.5. The van der Waals surface area contributed by atoms with E-state index in [-0.39, 0.29) is 5.75 Å². The van der Waals surface area contributed by atoms with Crippen molar-refractivity contribution >= 4 is 10.0 Å². The maximum atomic E-state index is 12.2. The highest BCUT2D eigenvalue weighted by atomic mass is 32.2. The standard InChI is InChI=1S/C15H28N4O2S/c1-4-6-11-22(20,21)19-9-7-17(8-10-19)12-15-13-18(5-2)16-14(15)3/h13H,4-12H2,1-3H3. The highest BCUT2D eigenvalue weighted by molar-refractivity contribution is 7.89. The summed E-state index contributed by atoms with van der Waals surface area (Å²) in [5.41, 5.74) is 2.31. The minimum atomic E-state index is -3.06. The number of piperazine rings is 1. The minimum Gasteiger partial charge on any atom is -0.296 e. The van der Waals surface area contributed by atoms with Gasteiger partial charge in [0.05, 0.1) is 11.4 Å². The van der Waals surface area contributed by atoms with Crippen LogP contribution >= 0.6 is 0 Å². The molecule has 2 heterocycles. The number of aromatic nitrogens is 2. The first-order valence-corrected chi connectivity index (χ1v) is 9.80. The van der Waals surface area contributed by atoms with Crippen LogP contribution in [0.15, 0.2) is 6.20 Å². The normalized spacial score (nSPS) is 18.0. The van der Waals surface area contributed by atoms with Gasteiger partial charge in [-0.2, -0.15) is 9.40 Å². The Hall–Kier alpha value is -0.920. The predicted molar refractivity (Wildman–Crippen MR) is 88.2 cm³/mol. The lowest BCUT2D eigenvalue weighted by Gasteiger charge is -2.33. The molecule has 0 unspecified atom stereocenters. The first-order valence-electron chi connectivity index (χ1n) is 8.19. The Kier molecular flexibility index (Phi) is 6.00. The molecule has 0 spiro atoms. The van der Waals surface area contributed by atoms with E-state index in [2.05, 4.69) is 23.1 Å². The van der Waals surface area contributed by atoms with Crippen molar-refractivity contribution in [2.45, 2.75) is 46.7 Å². The van der Waals surface area contributed by atoms with Gasteiger partial charge in [0.25, 0.3) is 0 Å². The van der Waals surface area contributed by atoms with Crippen molar-refractivity contribution in [1.29, 1.82) is 0 Å². The first kappa shape index (κ1) is 17.4. The van der Waals surface area contributed by atoms with Crippen molar-refractivity contribution in [2.24, 2.45) is 0 Å². The molecule has 0 radical (unpaired) electrons. The van der Waals surface area contributed by atoms with Crippen molar-refractivity contribution < 1.29 is 8.42 Å². The Morgan fingerprint density at radius 1 is 1.18 bits per heavy atom. The van der Waals surface area contributed by atoms with E-state index < -0.39 is 10.0 Å². The fourth-order valence-corrected chi connectivity index (χ4v) is 4.37. The number of rotatable bonds is 7. The average Bonchev–Trinajstić information content (AvgIpc) is 2.86. The maximum absolute atomic E-state index is 12.2. The van der Waals surface area contributed by atoms with Gasteiger partial charge >= 0.3 is 0 Å². The van der Waals surface area contributed by atoms with Crippen LogP contribution < -0.4 is 0 Å². The fraction of sp³-hybridized carbons (Fsp3) is 0.800. The van der Waals surface area contributed by atoms with Gasteiger partial charge in [-0.25, -0.2) is 8.42 Å². The molecule has 1 saturated heterocycles. The molecule has 0 saturated carbocycles. The number of unbranched alkanes of at least 4 members (excludes halogenated alkanes) is 1. The summed E-state index contributed by atoms with van der Waals surface area (Å²) in [5.74, 6) is 0.284. The van der Waals surface area contributed by atoms with Gasteiger partial charge < -0.3 is 0 Å². The van der Waals surface area contributed by atoms with Gasteiger partial charge in [0.1, 0.15) is 0 Å². The van der Waals surface area contributed by atoms with Crippen molar-refractivity contribution in [3.05, 3.63) is 17.5 Å². The SMILES string of the molecule is CCCCS(=O)(=O)N1CCN(Cc2cn(CC)nc2C)CC1. The summed E-state index contributed by atoms with van der Waals surface area (Å²) >= 11 is 0. The molecule has 7 heteroatoms. The van der Waals surface area contributed by atoms with Crippen molar-refractivity contribution in [1.82, 2.24) is 19.0 Å². The molecular formula is C15H28N4O2S. The number of sulfonamides is 1. The second-order valence-corrected chi connectivity index (χ2v) is 8.03. The third-order valence-corrected chi connectivity index (χ3v) is 6.20. The Bertz CT molecular complexity index is 574. The fourth-order valence-electron chi connectivity index (χ4n) is 2.74. The van der Waals surface area contributed by atoms with Crippen LogP contribution in [-0.2, 0) is 23.1 Å². The molecule has 126 valence electrons. The number of hydrogen-bond donors (Lipinski definition) is 0. The monoisotopic (exact) mass is 328 g/mol. The van der Waals surface area contributed by atoms with Gasteiger partial charge in [-0.3, -0.25) is 9.58 Å². The van der Waals surface area contributed by atoms with E-state index in [9.17, 15) is 8.42 Å². The van der Waals surface area contributed by atoms with Crippen LogP contribution in [0, 0.1) is 6.92 Å². The summed E-state index contributed by atoms with van der Waals surface area (Å²) in [5, 5.41) is 4.47. The van der Waals surface area contributed by atoms with Crippen LogP contribution in [0.1, 0.15) is 37.9 Å². The number of hydrogen-bond acceptors (Lipinski definition) is 4. The molecule has 0 atom stereocenters. The predicted octanol–water partition coefficient (Wildman–Crippen LogP) is 1.46. The Labute approximate surface area is 134 Å². The van der Waals surface area contributed by atoms with Gasteiger partial charge in [-0.05, 0) is 20.3 Å². The molecule has 1 fully saturated rings. The molecule has 0 aromatic carbocycles. The summed E-state index contributed by atoms with van der Waals surface area (Å²) in [6, 6.07) is 0. The number of nitrogens with zero attached hydrogens (tertiary/aromatic N) is 4. The largest absolute Gasteiger partial charge is 0.296 e. The van der Waals surface area contributed by atoms with E-state index in [0.29, 0.717) is 13.1 Å². The molecule has 1 aliphatic heterocycles. The van der Waals surface area contributed by atoms with E-state index >= 15 is 0 Å². The third-order valence-electron chi connectivity index (χ3n) is 4.25. The van der Waals surface area contributed by atoms with Gasteiger partial charge in [0.15, 0.2) is 0 Å². The van der Waals surface area contributed by atoms with E-state index in [1.54, 1.807) is 4.31 Å². The van der Waals surface area contributed by atoms with Crippen LogP contribution in [0.25, 0.3) is 0 Å². The van der Waals surface area contributed by atoms with Gasteiger partial charge in [0.2, 0.25) is 10.0 Å². The van der Waals surface area contributed by atoms with E-state index in [0.717, 1.165) is 44.7 Å². The summed E-state index contributed by atoms with van der Waals surface area (Å²) < 4.78 is 28.0. The van der Waals surface area contributed by atoms with Gasteiger partial charge in [-0.1, -0.05) is 13.3 Å². The molecule has 0 bridgehead atoms. The van der Waals surface area contributed by atoms with Crippen molar-refractivity contribution in [3.63, 3.8) is 0 Å².